The highest BCUT2D eigenvalue weighted by Gasteiger charge is 2.17. The molecule has 3 nitrogen and oxygen atoms in total. The minimum atomic E-state index is -0.474. The van der Waals surface area contributed by atoms with Crippen LogP contribution in [-0.2, 0) is 4.79 Å². The Morgan fingerprint density at radius 3 is 2.62 bits per heavy atom. The van der Waals surface area contributed by atoms with Crippen LogP contribution in [0.2, 0.25) is 0 Å². The maximum absolute atomic E-state index is 11.8. The van der Waals surface area contributed by atoms with Gasteiger partial charge in [0.1, 0.15) is 0 Å². The van der Waals surface area contributed by atoms with E-state index in [1.807, 2.05) is 39.0 Å². The normalized spacial score (nSPS) is 12.6. The lowest BCUT2D eigenvalue weighted by atomic mass is 10.0. The molecule has 1 aromatic rings. The molecule has 0 aromatic heterocycles. The predicted octanol–water partition coefficient (Wildman–Crippen LogP) is 2.68. The fraction of sp³-hybridized carbons (Fsp3) is 0.417. The first kappa shape index (κ1) is 13.2. The molecule has 0 spiro atoms. The molecule has 0 heterocycles. The number of rotatable bonds is 3. The van der Waals surface area contributed by atoms with Gasteiger partial charge >= 0.3 is 0 Å². The summed E-state index contributed by atoms with van der Waals surface area (Å²) in [7, 11) is 0. The van der Waals surface area contributed by atoms with Gasteiger partial charge in [-0.05, 0) is 30.5 Å². The molecule has 1 rings (SSSR count). The number of carbonyl (C=O) groups excluding carboxylic acids is 1. The Balaban J connectivity index is 2.80. The standard InChI is InChI=1S/C12H17BrN2O/c1-7(2)11(14)12(16)15-10-6-9(13)5-4-8(10)3/h4-7,11H,14H2,1-3H3,(H,15,16)/t11-/m1/s1. The average Bonchev–Trinajstić information content (AvgIpc) is 2.22. The number of hydrogen-bond donors (Lipinski definition) is 2. The van der Waals surface area contributed by atoms with E-state index < -0.39 is 6.04 Å². The van der Waals surface area contributed by atoms with E-state index in [4.69, 9.17) is 5.73 Å². The van der Waals surface area contributed by atoms with E-state index in [0.29, 0.717) is 0 Å². The van der Waals surface area contributed by atoms with E-state index in [9.17, 15) is 4.79 Å². The SMILES string of the molecule is Cc1ccc(Br)cc1NC(=O)[C@H](N)C(C)C. The topological polar surface area (TPSA) is 55.1 Å². The van der Waals surface area contributed by atoms with Crippen LogP contribution in [0.4, 0.5) is 5.69 Å². The predicted molar refractivity (Wildman–Crippen MR) is 70.3 cm³/mol. The second-order valence-corrected chi connectivity index (χ2v) is 5.13. The van der Waals surface area contributed by atoms with Crippen molar-refractivity contribution in [3.63, 3.8) is 0 Å². The third-order valence-corrected chi connectivity index (χ3v) is 2.97. The van der Waals surface area contributed by atoms with Gasteiger partial charge in [0.25, 0.3) is 0 Å². The van der Waals surface area contributed by atoms with Crippen molar-refractivity contribution >= 4 is 27.5 Å². The highest BCUT2D eigenvalue weighted by molar-refractivity contribution is 9.10. The molecule has 0 aliphatic rings. The zero-order chi connectivity index (χ0) is 12.3. The van der Waals surface area contributed by atoms with Crippen molar-refractivity contribution < 1.29 is 4.79 Å². The van der Waals surface area contributed by atoms with Gasteiger partial charge in [-0.3, -0.25) is 4.79 Å². The molecule has 1 aromatic carbocycles. The van der Waals surface area contributed by atoms with E-state index in [0.717, 1.165) is 15.7 Å². The molecule has 0 aliphatic carbocycles. The van der Waals surface area contributed by atoms with Gasteiger partial charge in [-0.15, -0.1) is 0 Å². The van der Waals surface area contributed by atoms with Crippen molar-refractivity contribution in [2.45, 2.75) is 26.8 Å². The van der Waals surface area contributed by atoms with Crippen LogP contribution in [0.3, 0.4) is 0 Å². The lowest BCUT2D eigenvalue weighted by Gasteiger charge is -2.16. The molecular formula is C12H17BrN2O. The molecule has 1 atom stereocenters. The summed E-state index contributed by atoms with van der Waals surface area (Å²) in [5.74, 6) is -0.0105. The van der Waals surface area contributed by atoms with Crippen LogP contribution < -0.4 is 11.1 Å². The van der Waals surface area contributed by atoms with Gasteiger partial charge in [-0.2, -0.15) is 0 Å². The van der Waals surface area contributed by atoms with Crippen molar-refractivity contribution in [2.24, 2.45) is 11.7 Å². The first-order valence-corrected chi connectivity index (χ1v) is 6.03. The summed E-state index contributed by atoms with van der Waals surface area (Å²) in [5.41, 5.74) is 7.59. The van der Waals surface area contributed by atoms with Gasteiger partial charge in [0.05, 0.1) is 6.04 Å². The molecule has 0 radical (unpaired) electrons. The van der Waals surface area contributed by atoms with Crippen molar-refractivity contribution in [3.05, 3.63) is 28.2 Å². The van der Waals surface area contributed by atoms with Gasteiger partial charge in [0.2, 0.25) is 5.91 Å². The number of anilines is 1. The Kier molecular flexibility index (Phi) is 4.50. The zero-order valence-electron chi connectivity index (χ0n) is 9.75. The number of halogens is 1. The number of benzene rings is 1. The number of amides is 1. The van der Waals surface area contributed by atoms with E-state index in [2.05, 4.69) is 21.2 Å². The number of nitrogens with one attached hydrogen (secondary N) is 1. The molecule has 3 N–H and O–H groups in total. The van der Waals surface area contributed by atoms with Crippen molar-refractivity contribution in [2.75, 3.05) is 5.32 Å². The van der Waals surface area contributed by atoms with Crippen LogP contribution in [0.15, 0.2) is 22.7 Å². The molecule has 0 unspecified atom stereocenters. The average molecular weight is 285 g/mol. The molecule has 0 fully saturated rings. The molecule has 88 valence electrons. The van der Waals surface area contributed by atoms with E-state index in [1.54, 1.807) is 0 Å². The molecule has 0 aliphatic heterocycles. The summed E-state index contributed by atoms with van der Waals surface area (Å²) in [6, 6.07) is 5.28. The van der Waals surface area contributed by atoms with E-state index in [1.165, 1.54) is 0 Å². The van der Waals surface area contributed by atoms with Gasteiger partial charge in [-0.25, -0.2) is 0 Å². The minimum Gasteiger partial charge on any atom is -0.324 e. The van der Waals surface area contributed by atoms with E-state index >= 15 is 0 Å². The highest BCUT2D eigenvalue weighted by atomic mass is 79.9. The molecule has 16 heavy (non-hydrogen) atoms. The van der Waals surface area contributed by atoms with Crippen molar-refractivity contribution in [3.8, 4) is 0 Å². The quantitative estimate of drug-likeness (QED) is 0.897. The fourth-order valence-corrected chi connectivity index (χ4v) is 1.61. The van der Waals surface area contributed by atoms with Crippen molar-refractivity contribution in [1.29, 1.82) is 0 Å². The van der Waals surface area contributed by atoms with Gasteiger partial charge in [0.15, 0.2) is 0 Å². The smallest absolute Gasteiger partial charge is 0.241 e. The van der Waals surface area contributed by atoms with Gasteiger partial charge in [-0.1, -0.05) is 35.8 Å². The third-order valence-electron chi connectivity index (χ3n) is 2.48. The zero-order valence-corrected chi connectivity index (χ0v) is 11.3. The Labute approximate surface area is 105 Å². The highest BCUT2D eigenvalue weighted by Crippen LogP contribution is 2.20. The summed E-state index contributed by atoms with van der Waals surface area (Å²) in [6.45, 7) is 5.80. The summed E-state index contributed by atoms with van der Waals surface area (Å²) in [5, 5.41) is 2.84. The van der Waals surface area contributed by atoms with Crippen LogP contribution in [0.25, 0.3) is 0 Å². The van der Waals surface area contributed by atoms with Crippen LogP contribution >= 0.6 is 15.9 Å². The third kappa shape index (κ3) is 3.32. The van der Waals surface area contributed by atoms with E-state index in [-0.39, 0.29) is 11.8 Å². The maximum Gasteiger partial charge on any atom is 0.241 e. The second kappa shape index (κ2) is 5.46. The monoisotopic (exact) mass is 284 g/mol. The minimum absolute atomic E-state index is 0.132. The van der Waals surface area contributed by atoms with Crippen molar-refractivity contribution in [1.82, 2.24) is 0 Å². The Hall–Kier alpha value is -0.870. The molecular weight excluding hydrogens is 268 g/mol. The summed E-state index contributed by atoms with van der Waals surface area (Å²) in [4.78, 5) is 11.8. The molecule has 0 bridgehead atoms. The molecule has 0 saturated carbocycles. The first-order valence-electron chi connectivity index (χ1n) is 5.24. The number of carbonyl (C=O) groups is 1. The Morgan fingerprint density at radius 2 is 2.06 bits per heavy atom. The Bertz CT molecular complexity index is 391. The number of hydrogen-bond acceptors (Lipinski definition) is 2. The second-order valence-electron chi connectivity index (χ2n) is 4.22. The lowest BCUT2D eigenvalue weighted by molar-refractivity contribution is -0.118. The maximum atomic E-state index is 11.8. The Morgan fingerprint density at radius 1 is 1.44 bits per heavy atom. The number of aryl methyl sites for hydroxylation is 1. The summed E-state index contributed by atoms with van der Waals surface area (Å²) in [6.07, 6.45) is 0. The van der Waals surface area contributed by atoms with Gasteiger partial charge in [0, 0.05) is 10.2 Å². The largest absolute Gasteiger partial charge is 0.324 e. The number of nitrogens with two attached hydrogens (primary N) is 1. The first-order chi connectivity index (χ1) is 7.41. The van der Waals surface area contributed by atoms with Crippen LogP contribution in [0.5, 0.6) is 0 Å². The molecule has 0 saturated heterocycles. The molecule has 4 heteroatoms. The molecule has 1 amide bonds. The van der Waals surface area contributed by atoms with Crippen LogP contribution in [0, 0.1) is 12.8 Å². The fourth-order valence-electron chi connectivity index (χ4n) is 1.25. The van der Waals surface area contributed by atoms with Crippen LogP contribution in [0.1, 0.15) is 19.4 Å². The summed E-state index contributed by atoms with van der Waals surface area (Å²) >= 11 is 3.37. The van der Waals surface area contributed by atoms with Gasteiger partial charge < -0.3 is 11.1 Å². The summed E-state index contributed by atoms with van der Waals surface area (Å²) < 4.78 is 0.937. The lowest BCUT2D eigenvalue weighted by Crippen LogP contribution is -2.39. The van der Waals surface area contributed by atoms with Crippen LogP contribution in [-0.4, -0.2) is 11.9 Å².